The summed E-state index contributed by atoms with van der Waals surface area (Å²) in [7, 11) is 2.56. The number of hydrogen-bond acceptors (Lipinski definition) is 5. The summed E-state index contributed by atoms with van der Waals surface area (Å²) in [6.07, 6.45) is 0. The number of hydrogen-bond donors (Lipinski definition) is 2. The van der Waals surface area contributed by atoms with E-state index < -0.39 is 0 Å². The van der Waals surface area contributed by atoms with Crippen molar-refractivity contribution in [2.45, 2.75) is 0 Å². The lowest BCUT2D eigenvalue weighted by Gasteiger charge is -2.03. The molecule has 2 rings (SSSR count). The van der Waals surface area contributed by atoms with E-state index in [9.17, 15) is 15.6 Å². The number of aromatic nitrogens is 3. The van der Waals surface area contributed by atoms with E-state index >= 15 is 0 Å². The highest BCUT2D eigenvalue weighted by atomic mass is 16.6. The molecule has 8 nitrogen and oxygen atoms in total. The second-order valence-corrected chi connectivity index (χ2v) is 2.80. The number of nitrogens with zero attached hydrogens (tertiary/aromatic N) is 3. The highest BCUT2D eigenvalue weighted by molar-refractivity contribution is 5.72. The number of rotatable bonds is 2. The second kappa shape index (κ2) is 2.87. The van der Waals surface area contributed by atoms with Crippen LogP contribution in [0.4, 0.5) is 0 Å². The van der Waals surface area contributed by atoms with E-state index in [-0.39, 0.29) is 27.8 Å². The molecule has 15 heavy (non-hydrogen) atoms. The first kappa shape index (κ1) is 9.31. The Morgan fingerprint density at radius 2 is 1.93 bits per heavy atom. The molecular formula is C7H9N3O5. The molecule has 0 bridgehead atoms. The molecule has 2 aromatic rings. The zero-order chi connectivity index (χ0) is 11.2. The van der Waals surface area contributed by atoms with Gasteiger partial charge in [-0.1, -0.05) is 0 Å². The molecule has 0 aromatic carbocycles. The van der Waals surface area contributed by atoms with E-state index in [1.165, 1.54) is 20.3 Å². The van der Waals surface area contributed by atoms with Crippen LogP contribution in [0.3, 0.4) is 0 Å². The fraction of sp³-hybridized carbons (Fsp3) is 0.286. The van der Waals surface area contributed by atoms with Gasteiger partial charge in [-0.2, -0.15) is 0 Å². The van der Waals surface area contributed by atoms with Crippen molar-refractivity contribution in [3.05, 3.63) is 11.3 Å². The summed E-state index contributed by atoms with van der Waals surface area (Å²) in [5.74, 6) is 0.0371. The van der Waals surface area contributed by atoms with Gasteiger partial charge in [-0.15, -0.1) is 0 Å². The molecule has 0 aliphatic heterocycles. The van der Waals surface area contributed by atoms with Gasteiger partial charge in [-0.3, -0.25) is 0 Å². The van der Waals surface area contributed by atoms with E-state index in [1.807, 2.05) is 0 Å². The predicted octanol–water partition coefficient (Wildman–Crippen LogP) is -0.432. The molecule has 2 N–H and O–H groups in total. The lowest BCUT2D eigenvalue weighted by Crippen LogP contribution is -2.29. The summed E-state index contributed by atoms with van der Waals surface area (Å²) in [6.45, 7) is 0. The fourth-order valence-electron chi connectivity index (χ4n) is 1.40. The lowest BCUT2D eigenvalue weighted by atomic mass is 10.6. The molecule has 0 spiro atoms. The molecule has 0 amide bonds. The molecule has 0 aliphatic carbocycles. The van der Waals surface area contributed by atoms with Gasteiger partial charge in [-0.25, -0.2) is 4.73 Å². The smallest absolute Gasteiger partial charge is 0.437 e. The van der Waals surface area contributed by atoms with Gasteiger partial charge in [0.15, 0.2) is 0 Å². The maximum absolute atomic E-state index is 11.5. The number of imidazole rings is 1. The van der Waals surface area contributed by atoms with Crippen LogP contribution < -0.4 is 14.2 Å². The van der Waals surface area contributed by atoms with Gasteiger partial charge in [0.25, 0.3) is 5.88 Å². The van der Waals surface area contributed by atoms with Crippen LogP contribution in [0.5, 0.6) is 11.9 Å². The Hall–Kier alpha value is -2.25. The first-order valence-electron chi connectivity index (χ1n) is 3.98. The van der Waals surface area contributed by atoms with E-state index in [1.54, 1.807) is 0 Å². The van der Waals surface area contributed by atoms with E-state index in [0.29, 0.717) is 9.46 Å². The average Bonchev–Trinajstić information content (AvgIpc) is 2.66. The molecule has 0 aliphatic rings. The largest absolute Gasteiger partial charge is 0.737 e. The Bertz CT molecular complexity index is 514. The standard InChI is InChI=1S/C7H9N3O5/c1-14-5-3-4-6(9(5)12)10(13)7(15-2)8(4)11/h3,11-12H,1-2H3. The van der Waals surface area contributed by atoms with Gasteiger partial charge >= 0.3 is 11.7 Å². The van der Waals surface area contributed by atoms with Gasteiger partial charge in [0.2, 0.25) is 5.52 Å². The summed E-state index contributed by atoms with van der Waals surface area (Å²) >= 11 is 0. The Kier molecular flexibility index (Phi) is 1.78. The van der Waals surface area contributed by atoms with Crippen LogP contribution in [0.15, 0.2) is 6.07 Å². The summed E-state index contributed by atoms with van der Waals surface area (Å²) in [4.78, 5) is 0. The van der Waals surface area contributed by atoms with Gasteiger partial charge in [-0.05, 0) is 9.46 Å². The van der Waals surface area contributed by atoms with Crippen LogP contribution in [-0.4, -0.2) is 34.1 Å². The zero-order valence-corrected chi connectivity index (χ0v) is 8.04. The van der Waals surface area contributed by atoms with Gasteiger partial charge < -0.3 is 25.1 Å². The van der Waals surface area contributed by atoms with E-state index in [4.69, 9.17) is 4.74 Å². The van der Waals surface area contributed by atoms with Crippen LogP contribution in [0, 0.1) is 5.21 Å². The van der Waals surface area contributed by atoms with Gasteiger partial charge in [0.1, 0.15) is 0 Å². The summed E-state index contributed by atoms with van der Waals surface area (Å²) in [5, 5.41) is 30.5. The van der Waals surface area contributed by atoms with Crippen molar-refractivity contribution in [1.29, 1.82) is 0 Å². The zero-order valence-electron chi connectivity index (χ0n) is 8.04. The minimum absolute atomic E-state index is 0.0371. The van der Waals surface area contributed by atoms with E-state index in [2.05, 4.69) is 4.74 Å². The minimum Gasteiger partial charge on any atom is -0.737 e. The molecule has 0 unspecified atom stereocenters. The minimum atomic E-state index is -0.342. The van der Waals surface area contributed by atoms with Crippen molar-refractivity contribution >= 4 is 11.2 Å². The maximum atomic E-state index is 11.5. The Balaban J connectivity index is 2.84. The average molecular weight is 215 g/mol. The summed E-state index contributed by atoms with van der Waals surface area (Å²) in [6, 6.07) is 0.956. The third kappa shape index (κ3) is 0.981. The van der Waals surface area contributed by atoms with Crippen LogP contribution in [-0.2, 0) is 0 Å². The third-order valence-corrected chi connectivity index (χ3v) is 2.07. The van der Waals surface area contributed by atoms with Crippen molar-refractivity contribution < 1.29 is 24.6 Å². The molecule has 82 valence electrons. The topological polar surface area (TPSA) is 95.7 Å². The monoisotopic (exact) mass is 215 g/mol. The van der Waals surface area contributed by atoms with Crippen molar-refractivity contribution in [1.82, 2.24) is 9.46 Å². The number of methoxy groups -OCH3 is 2. The number of ether oxygens (including phenoxy) is 2. The van der Waals surface area contributed by atoms with Crippen molar-refractivity contribution in [3.8, 4) is 11.9 Å². The molecule has 2 aromatic heterocycles. The third-order valence-electron chi connectivity index (χ3n) is 2.07. The second-order valence-electron chi connectivity index (χ2n) is 2.80. The van der Waals surface area contributed by atoms with Gasteiger partial charge in [0.05, 0.1) is 20.3 Å². The first-order valence-corrected chi connectivity index (χ1v) is 3.98. The fourth-order valence-corrected chi connectivity index (χ4v) is 1.40. The van der Waals surface area contributed by atoms with Crippen molar-refractivity contribution in [2.75, 3.05) is 14.2 Å². The van der Waals surface area contributed by atoms with Crippen LogP contribution >= 0.6 is 0 Å². The van der Waals surface area contributed by atoms with Crippen LogP contribution in [0.1, 0.15) is 0 Å². The highest BCUT2D eigenvalue weighted by Crippen LogP contribution is 2.24. The molecule has 2 heterocycles. The Morgan fingerprint density at radius 3 is 2.40 bits per heavy atom. The molecular weight excluding hydrogens is 206 g/mol. The predicted molar refractivity (Wildman–Crippen MR) is 46.4 cm³/mol. The Labute approximate surface area is 83.6 Å². The number of fused-ring (bicyclic) bond motifs is 1. The summed E-state index contributed by atoms with van der Waals surface area (Å²) < 4.78 is 10.7. The first-order chi connectivity index (χ1) is 7.11. The van der Waals surface area contributed by atoms with Crippen molar-refractivity contribution in [3.63, 3.8) is 0 Å². The molecule has 0 fully saturated rings. The molecule has 0 radical (unpaired) electrons. The maximum Gasteiger partial charge on any atom is 0.437 e. The van der Waals surface area contributed by atoms with Crippen LogP contribution in [0.25, 0.3) is 11.2 Å². The Morgan fingerprint density at radius 1 is 1.27 bits per heavy atom. The molecule has 0 atom stereocenters. The SMILES string of the molecule is COc1cc2c(n1O)[n+]([O-])c(OC)n2O. The molecule has 8 heteroatoms. The molecule has 0 saturated heterocycles. The molecule has 0 saturated carbocycles. The van der Waals surface area contributed by atoms with Gasteiger partial charge in [0, 0.05) is 0 Å². The van der Waals surface area contributed by atoms with E-state index in [0.717, 1.165) is 0 Å². The highest BCUT2D eigenvalue weighted by Gasteiger charge is 2.28. The normalized spacial score (nSPS) is 10.8. The van der Waals surface area contributed by atoms with Crippen molar-refractivity contribution in [2.24, 2.45) is 0 Å². The quantitative estimate of drug-likeness (QED) is 0.402. The van der Waals surface area contributed by atoms with Crippen LogP contribution in [0.2, 0.25) is 0 Å². The lowest BCUT2D eigenvalue weighted by molar-refractivity contribution is -0.592. The summed E-state index contributed by atoms with van der Waals surface area (Å²) in [5.41, 5.74) is -0.0904.